The third-order valence-electron chi connectivity index (χ3n) is 3.02. The lowest BCUT2D eigenvalue weighted by molar-refractivity contribution is -0.140. The van der Waals surface area contributed by atoms with Crippen LogP contribution in [0.3, 0.4) is 0 Å². The van der Waals surface area contributed by atoms with Crippen LogP contribution >= 0.6 is 0 Å². The van der Waals surface area contributed by atoms with Crippen molar-refractivity contribution in [3.8, 4) is 0 Å². The van der Waals surface area contributed by atoms with E-state index in [2.05, 4.69) is 29.0 Å². The maximum atomic E-state index is 10.9. The SMILES string of the molecule is CCC(CC)n1ccc(CNCCC(=O)OC)n1. The minimum atomic E-state index is -0.190. The molecule has 0 saturated carbocycles. The van der Waals surface area contributed by atoms with E-state index in [0.717, 1.165) is 18.5 Å². The van der Waals surface area contributed by atoms with Gasteiger partial charge >= 0.3 is 5.97 Å². The smallest absolute Gasteiger partial charge is 0.306 e. The molecule has 0 radical (unpaired) electrons. The molecule has 0 unspecified atom stereocenters. The molecule has 102 valence electrons. The summed E-state index contributed by atoms with van der Waals surface area (Å²) in [6, 6.07) is 2.50. The predicted molar refractivity (Wildman–Crippen MR) is 70.2 cm³/mol. The van der Waals surface area contributed by atoms with E-state index in [1.807, 2.05) is 16.9 Å². The number of hydrogen-bond donors (Lipinski definition) is 1. The van der Waals surface area contributed by atoms with Gasteiger partial charge in [0.05, 0.1) is 25.3 Å². The lowest BCUT2D eigenvalue weighted by Crippen LogP contribution is -2.19. The second-order valence-corrected chi connectivity index (χ2v) is 4.26. The number of aromatic nitrogens is 2. The molecule has 1 aromatic heterocycles. The normalized spacial score (nSPS) is 10.9. The molecular formula is C13H23N3O2. The Kier molecular flexibility index (Phi) is 6.43. The Hall–Kier alpha value is -1.36. The molecule has 5 heteroatoms. The number of carbonyl (C=O) groups is 1. The molecule has 0 aliphatic heterocycles. The van der Waals surface area contributed by atoms with E-state index < -0.39 is 0 Å². The van der Waals surface area contributed by atoms with Gasteiger partial charge in [0.15, 0.2) is 0 Å². The molecule has 18 heavy (non-hydrogen) atoms. The van der Waals surface area contributed by atoms with Gasteiger partial charge in [0.1, 0.15) is 0 Å². The van der Waals surface area contributed by atoms with Crippen LogP contribution < -0.4 is 5.32 Å². The molecule has 0 spiro atoms. The number of nitrogens with zero attached hydrogens (tertiary/aromatic N) is 2. The standard InChI is InChI=1S/C13H23N3O2/c1-4-12(5-2)16-9-7-11(15-16)10-14-8-6-13(17)18-3/h7,9,12,14H,4-6,8,10H2,1-3H3. The average molecular weight is 253 g/mol. The monoisotopic (exact) mass is 253 g/mol. The van der Waals surface area contributed by atoms with Crippen molar-refractivity contribution in [2.75, 3.05) is 13.7 Å². The van der Waals surface area contributed by atoms with Crippen LogP contribution in [-0.4, -0.2) is 29.4 Å². The van der Waals surface area contributed by atoms with Gasteiger partial charge < -0.3 is 10.1 Å². The molecular weight excluding hydrogens is 230 g/mol. The van der Waals surface area contributed by atoms with Crippen molar-refractivity contribution >= 4 is 5.97 Å². The van der Waals surface area contributed by atoms with Crippen molar-refractivity contribution in [3.63, 3.8) is 0 Å². The summed E-state index contributed by atoms with van der Waals surface area (Å²) < 4.78 is 6.59. The molecule has 0 atom stereocenters. The summed E-state index contributed by atoms with van der Waals surface area (Å²) in [6.45, 7) is 5.64. The maximum Gasteiger partial charge on any atom is 0.306 e. The molecule has 1 rings (SSSR count). The second-order valence-electron chi connectivity index (χ2n) is 4.26. The molecule has 0 saturated heterocycles. The number of methoxy groups -OCH3 is 1. The van der Waals surface area contributed by atoms with E-state index in [9.17, 15) is 4.79 Å². The summed E-state index contributed by atoms with van der Waals surface area (Å²) in [5, 5.41) is 7.71. The highest BCUT2D eigenvalue weighted by Crippen LogP contribution is 2.14. The fourth-order valence-corrected chi connectivity index (χ4v) is 1.85. The fraction of sp³-hybridized carbons (Fsp3) is 0.692. The van der Waals surface area contributed by atoms with Crippen LogP contribution in [0.4, 0.5) is 0 Å². The van der Waals surface area contributed by atoms with Crippen molar-refractivity contribution in [1.82, 2.24) is 15.1 Å². The van der Waals surface area contributed by atoms with Crippen molar-refractivity contribution in [3.05, 3.63) is 18.0 Å². The van der Waals surface area contributed by atoms with Crippen molar-refractivity contribution in [2.45, 2.75) is 45.7 Å². The van der Waals surface area contributed by atoms with Gasteiger partial charge in [-0.05, 0) is 18.9 Å². The summed E-state index contributed by atoms with van der Waals surface area (Å²) in [4.78, 5) is 10.9. The van der Waals surface area contributed by atoms with Gasteiger partial charge in [0.2, 0.25) is 0 Å². The Labute approximate surface area is 109 Å². The lowest BCUT2D eigenvalue weighted by atomic mass is 10.2. The molecule has 1 N–H and O–H groups in total. The Morgan fingerprint density at radius 3 is 2.83 bits per heavy atom. The predicted octanol–water partition coefficient (Wildman–Crippen LogP) is 1.90. The Morgan fingerprint density at radius 2 is 2.22 bits per heavy atom. The lowest BCUT2D eigenvalue weighted by Gasteiger charge is -2.12. The molecule has 1 aromatic rings. The topological polar surface area (TPSA) is 56.2 Å². The third kappa shape index (κ3) is 4.49. The highest BCUT2D eigenvalue weighted by molar-refractivity contribution is 5.69. The first-order chi connectivity index (χ1) is 8.71. The van der Waals surface area contributed by atoms with E-state index in [0.29, 0.717) is 25.6 Å². The summed E-state index contributed by atoms with van der Waals surface area (Å²) in [7, 11) is 1.40. The zero-order chi connectivity index (χ0) is 13.4. The molecule has 0 aromatic carbocycles. The van der Waals surface area contributed by atoms with Crippen molar-refractivity contribution < 1.29 is 9.53 Å². The van der Waals surface area contributed by atoms with E-state index in [4.69, 9.17) is 0 Å². The summed E-state index contributed by atoms with van der Waals surface area (Å²) in [6.07, 6.45) is 4.60. The van der Waals surface area contributed by atoms with Crippen LogP contribution in [0, 0.1) is 0 Å². The van der Waals surface area contributed by atoms with Crippen LogP contribution in [0.1, 0.15) is 44.8 Å². The van der Waals surface area contributed by atoms with Crippen molar-refractivity contribution in [2.24, 2.45) is 0 Å². The molecule has 0 bridgehead atoms. The van der Waals surface area contributed by atoms with Gasteiger partial charge in [-0.3, -0.25) is 9.48 Å². The molecule has 0 amide bonds. The van der Waals surface area contributed by atoms with E-state index in [1.54, 1.807) is 0 Å². The van der Waals surface area contributed by atoms with Crippen LogP contribution in [0.5, 0.6) is 0 Å². The zero-order valence-electron chi connectivity index (χ0n) is 11.5. The second kappa shape index (κ2) is 7.87. The Balaban J connectivity index is 2.33. The summed E-state index contributed by atoms with van der Waals surface area (Å²) in [5.74, 6) is -0.190. The number of nitrogens with one attached hydrogen (secondary N) is 1. The van der Waals surface area contributed by atoms with Gasteiger partial charge in [-0.2, -0.15) is 5.10 Å². The largest absolute Gasteiger partial charge is 0.469 e. The number of esters is 1. The van der Waals surface area contributed by atoms with Gasteiger partial charge in [0, 0.05) is 19.3 Å². The minimum Gasteiger partial charge on any atom is -0.469 e. The van der Waals surface area contributed by atoms with Gasteiger partial charge in [-0.1, -0.05) is 13.8 Å². The van der Waals surface area contributed by atoms with Crippen LogP contribution in [0.2, 0.25) is 0 Å². The van der Waals surface area contributed by atoms with Crippen molar-refractivity contribution in [1.29, 1.82) is 0 Å². The number of hydrogen-bond acceptors (Lipinski definition) is 4. The number of carbonyl (C=O) groups excluding carboxylic acids is 1. The minimum absolute atomic E-state index is 0.190. The number of rotatable bonds is 8. The average Bonchev–Trinajstić information content (AvgIpc) is 2.84. The highest BCUT2D eigenvalue weighted by Gasteiger charge is 2.07. The van der Waals surface area contributed by atoms with Crippen LogP contribution in [0.15, 0.2) is 12.3 Å². The fourth-order valence-electron chi connectivity index (χ4n) is 1.85. The van der Waals surface area contributed by atoms with E-state index >= 15 is 0 Å². The van der Waals surface area contributed by atoms with E-state index in [1.165, 1.54) is 7.11 Å². The third-order valence-corrected chi connectivity index (χ3v) is 3.02. The summed E-state index contributed by atoms with van der Waals surface area (Å²) in [5.41, 5.74) is 1.01. The molecule has 5 nitrogen and oxygen atoms in total. The first-order valence-electron chi connectivity index (χ1n) is 6.52. The van der Waals surface area contributed by atoms with Gasteiger partial charge in [-0.25, -0.2) is 0 Å². The molecule has 0 aliphatic carbocycles. The molecule has 0 aliphatic rings. The maximum absolute atomic E-state index is 10.9. The zero-order valence-corrected chi connectivity index (χ0v) is 11.5. The Morgan fingerprint density at radius 1 is 1.50 bits per heavy atom. The first-order valence-corrected chi connectivity index (χ1v) is 6.52. The first kappa shape index (κ1) is 14.7. The molecule has 0 fully saturated rings. The van der Waals surface area contributed by atoms with E-state index in [-0.39, 0.29) is 5.97 Å². The molecule has 1 heterocycles. The highest BCUT2D eigenvalue weighted by atomic mass is 16.5. The van der Waals surface area contributed by atoms with Gasteiger partial charge in [0.25, 0.3) is 0 Å². The van der Waals surface area contributed by atoms with Gasteiger partial charge in [-0.15, -0.1) is 0 Å². The van der Waals surface area contributed by atoms with Crippen LogP contribution in [0.25, 0.3) is 0 Å². The Bertz CT molecular complexity index is 359. The van der Waals surface area contributed by atoms with Crippen LogP contribution in [-0.2, 0) is 16.1 Å². The quantitative estimate of drug-likeness (QED) is 0.568. The number of ether oxygens (including phenoxy) is 1. The summed E-state index contributed by atoms with van der Waals surface area (Å²) >= 11 is 0.